The van der Waals surface area contributed by atoms with Crippen molar-refractivity contribution in [1.82, 2.24) is 0 Å². The van der Waals surface area contributed by atoms with Gasteiger partial charge in [0.2, 0.25) is 0 Å². The van der Waals surface area contributed by atoms with Crippen LogP contribution in [0.15, 0.2) is 60.7 Å². The predicted octanol–water partition coefficient (Wildman–Crippen LogP) is 2.50. The summed E-state index contributed by atoms with van der Waals surface area (Å²) >= 11 is 0. The Labute approximate surface area is 171 Å². The van der Waals surface area contributed by atoms with Gasteiger partial charge in [-0.3, -0.25) is 4.18 Å². The van der Waals surface area contributed by atoms with Gasteiger partial charge in [0.25, 0.3) is 10.1 Å². The van der Waals surface area contributed by atoms with Crippen molar-refractivity contribution in [3.63, 3.8) is 0 Å². The summed E-state index contributed by atoms with van der Waals surface area (Å²) in [6.45, 7) is 0.495. The molecule has 2 aromatic carbocycles. The number of methoxy groups -OCH3 is 1. The van der Waals surface area contributed by atoms with E-state index in [0.29, 0.717) is 13.2 Å². The van der Waals surface area contributed by atoms with Crippen LogP contribution in [0.1, 0.15) is 11.1 Å². The largest absolute Gasteiger partial charge is 0.368 e. The van der Waals surface area contributed by atoms with Gasteiger partial charge in [0.1, 0.15) is 18.3 Å². The molecule has 0 N–H and O–H groups in total. The lowest BCUT2D eigenvalue weighted by molar-refractivity contribution is -0.168. The Morgan fingerprint density at radius 1 is 0.862 bits per heavy atom. The fourth-order valence-electron chi connectivity index (χ4n) is 3.12. The molecule has 1 saturated heterocycles. The Morgan fingerprint density at radius 3 is 1.86 bits per heavy atom. The number of hydrogen-bond acceptors (Lipinski definition) is 7. The molecule has 0 aliphatic carbocycles. The predicted molar refractivity (Wildman–Crippen MR) is 107 cm³/mol. The SMILES string of the molecule is COC1O[C@H](COS(C)(=O)=O)[C@H](OCc2ccccc2)[C@H]1OCc1ccccc1. The van der Waals surface area contributed by atoms with Crippen LogP contribution < -0.4 is 0 Å². The smallest absolute Gasteiger partial charge is 0.264 e. The maximum atomic E-state index is 11.4. The first-order valence-electron chi connectivity index (χ1n) is 9.30. The third kappa shape index (κ3) is 6.60. The van der Waals surface area contributed by atoms with E-state index < -0.39 is 34.7 Å². The molecule has 1 fully saturated rings. The molecular formula is C21H26O7S. The fraction of sp³-hybridized carbons (Fsp3) is 0.429. The summed E-state index contributed by atoms with van der Waals surface area (Å²) in [4.78, 5) is 0. The van der Waals surface area contributed by atoms with Crippen molar-refractivity contribution in [3.05, 3.63) is 71.8 Å². The minimum Gasteiger partial charge on any atom is -0.368 e. The van der Waals surface area contributed by atoms with E-state index in [9.17, 15) is 8.42 Å². The van der Waals surface area contributed by atoms with Crippen LogP contribution in [-0.4, -0.2) is 53.0 Å². The maximum absolute atomic E-state index is 11.4. The molecule has 4 atom stereocenters. The van der Waals surface area contributed by atoms with Gasteiger partial charge in [-0.1, -0.05) is 60.7 Å². The molecule has 0 spiro atoms. The van der Waals surface area contributed by atoms with Crippen LogP contribution >= 0.6 is 0 Å². The Hall–Kier alpha value is -1.81. The van der Waals surface area contributed by atoms with E-state index in [0.717, 1.165) is 17.4 Å². The number of hydrogen-bond donors (Lipinski definition) is 0. The van der Waals surface area contributed by atoms with Crippen LogP contribution in [0, 0.1) is 0 Å². The van der Waals surface area contributed by atoms with Crippen LogP contribution in [-0.2, 0) is 46.5 Å². The topological polar surface area (TPSA) is 80.3 Å². The van der Waals surface area contributed by atoms with Gasteiger partial charge in [0.05, 0.1) is 26.1 Å². The summed E-state index contributed by atoms with van der Waals surface area (Å²) < 4.78 is 51.3. The highest BCUT2D eigenvalue weighted by Crippen LogP contribution is 2.29. The van der Waals surface area contributed by atoms with Crippen molar-refractivity contribution in [2.75, 3.05) is 20.0 Å². The number of rotatable bonds is 10. The average molecular weight is 422 g/mol. The third-order valence-electron chi connectivity index (χ3n) is 4.52. The zero-order valence-electron chi connectivity index (χ0n) is 16.5. The second kappa shape index (κ2) is 10.3. The molecule has 1 unspecified atom stereocenters. The van der Waals surface area contributed by atoms with E-state index in [2.05, 4.69) is 0 Å². The van der Waals surface area contributed by atoms with Crippen LogP contribution in [0.2, 0.25) is 0 Å². The second-order valence-electron chi connectivity index (χ2n) is 6.79. The van der Waals surface area contributed by atoms with Gasteiger partial charge in [-0.15, -0.1) is 0 Å². The Kier molecular flexibility index (Phi) is 7.77. The molecule has 1 aliphatic rings. The first-order chi connectivity index (χ1) is 14.0. The Morgan fingerprint density at radius 2 is 1.38 bits per heavy atom. The van der Waals surface area contributed by atoms with Gasteiger partial charge in [0, 0.05) is 7.11 Å². The van der Waals surface area contributed by atoms with Crippen molar-refractivity contribution in [2.45, 2.75) is 37.8 Å². The summed E-state index contributed by atoms with van der Waals surface area (Å²) in [6.07, 6.45) is -1.46. The molecule has 8 heteroatoms. The maximum Gasteiger partial charge on any atom is 0.264 e. The lowest BCUT2D eigenvalue weighted by Gasteiger charge is -2.24. The first kappa shape index (κ1) is 21.9. The summed E-state index contributed by atoms with van der Waals surface area (Å²) in [5.74, 6) is 0. The normalized spacial score (nSPS) is 24.6. The minimum absolute atomic E-state index is 0.177. The molecule has 2 aromatic rings. The summed E-state index contributed by atoms with van der Waals surface area (Å²) in [5.41, 5.74) is 1.98. The molecule has 0 aromatic heterocycles. The minimum atomic E-state index is -3.62. The van der Waals surface area contributed by atoms with Crippen molar-refractivity contribution < 1.29 is 31.5 Å². The molecule has 7 nitrogen and oxygen atoms in total. The lowest BCUT2D eigenvalue weighted by Crippen LogP contribution is -2.39. The molecule has 29 heavy (non-hydrogen) atoms. The average Bonchev–Trinajstić information content (AvgIpc) is 3.07. The van der Waals surface area contributed by atoms with Gasteiger partial charge in [0.15, 0.2) is 6.29 Å². The molecule has 3 rings (SSSR count). The highest BCUT2D eigenvalue weighted by molar-refractivity contribution is 7.85. The molecule has 0 radical (unpaired) electrons. The summed E-state index contributed by atoms with van der Waals surface area (Å²) in [5, 5.41) is 0. The van der Waals surface area contributed by atoms with Gasteiger partial charge in [-0.05, 0) is 11.1 Å². The van der Waals surface area contributed by atoms with Crippen LogP contribution in [0.4, 0.5) is 0 Å². The van der Waals surface area contributed by atoms with Gasteiger partial charge in [-0.25, -0.2) is 0 Å². The standard InChI is InChI=1S/C21H26O7S/c1-24-21-20(26-14-17-11-7-4-8-12-17)19(18(28-21)15-27-29(2,22)23)25-13-16-9-5-3-6-10-16/h3-12,18-21H,13-15H2,1-2H3/t18-,19+,20-,21?/m1/s1. The fourth-order valence-corrected chi connectivity index (χ4v) is 3.50. The van der Waals surface area contributed by atoms with Crippen LogP contribution in [0.3, 0.4) is 0 Å². The highest BCUT2D eigenvalue weighted by Gasteiger charge is 2.47. The van der Waals surface area contributed by atoms with Crippen molar-refractivity contribution in [2.24, 2.45) is 0 Å². The third-order valence-corrected chi connectivity index (χ3v) is 5.08. The van der Waals surface area contributed by atoms with Gasteiger partial charge in [-0.2, -0.15) is 8.42 Å². The zero-order valence-corrected chi connectivity index (χ0v) is 17.3. The van der Waals surface area contributed by atoms with E-state index in [1.807, 2.05) is 60.7 Å². The molecule has 0 amide bonds. The highest BCUT2D eigenvalue weighted by atomic mass is 32.2. The molecule has 0 bridgehead atoms. The molecule has 1 aliphatic heterocycles. The van der Waals surface area contributed by atoms with E-state index in [-0.39, 0.29) is 6.61 Å². The summed E-state index contributed by atoms with van der Waals surface area (Å²) in [7, 11) is -2.10. The first-order valence-corrected chi connectivity index (χ1v) is 11.1. The Balaban J connectivity index is 1.72. The van der Waals surface area contributed by atoms with E-state index in [1.165, 1.54) is 7.11 Å². The van der Waals surface area contributed by atoms with Crippen LogP contribution in [0.5, 0.6) is 0 Å². The quantitative estimate of drug-likeness (QED) is 0.544. The lowest BCUT2D eigenvalue weighted by atomic mass is 10.1. The van der Waals surface area contributed by atoms with Gasteiger partial charge < -0.3 is 18.9 Å². The molecule has 158 valence electrons. The van der Waals surface area contributed by atoms with Crippen molar-refractivity contribution in [3.8, 4) is 0 Å². The van der Waals surface area contributed by atoms with Crippen LogP contribution in [0.25, 0.3) is 0 Å². The second-order valence-corrected chi connectivity index (χ2v) is 8.43. The zero-order chi connectivity index (χ0) is 20.7. The number of benzene rings is 2. The Bertz CT molecular complexity index is 842. The van der Waals surface area contributed by atoms with Gasteiger partial charge >= 0.3 is 0 Å². The van der Waals surface area contributed by atoms with E-state index in [1.54, 1.807) is 0 Å². The molecule has 0 saturated carbocycles. The van der Waals surface area contributed by atoms with E-state index >= 15 is 0 Å². The van der Waals surface area contributed by atoms with Crippen molar-refractivity contribution in [1.29, 1.82) is 0 Å². The van der Waals surface area contributed by atoms with Crippen molar-refractivity contribution >= 4 is 10.1 Å². The molecular weight excluding hydrogens is 396 g/mol. The summed E-state index contributed by atoms with van der Waals surface area (Å²) in [6, 6.07) is 19.4. The molecule has 1 heterocycles. The monoisotopic (exact) mass is 422 g/mol. The number of ether oxygens (including phenoxy) is 4. The van der Waals surface area contributed by atoms with E-state index in [4.69, 9.17) is 23.1 Å².